The highest BCUT2D eigenvalue weighted by Crippen LogP contribution is 2.68. The molecule has 5 aliphatic heterocycles. The number of methoxy groups -OCH3 is 3. The van der Waals surface area contributed by atoms with Crippen molar-refractivity contribution in [3.05, 3.63) is 94.7 Å². The second-order valence-corrected chi connectivity index (χ2v) is 20.6. The molecule has 3 aromatic carbocycles. The zero-order chi connectivity index (χ0) is 49.9. The first-order chi connectivity index (χ1) is 33.3. The second-order valence-electron chi connectivity index (χ2n) is 20.6. The van der Waals surface area contributed by atoms with Gasteiger partial charge < -0.3 is 44.4 Å². The Kier molecular flexibility index (Phi) is 11.5. The number of hydrogen-bond acceptors (Lipinski definition) is 13. The second kappa shape index (κ2) is 16.7. The maximum Gasteiger partial charge on any atom is 0.416 e. The van der Waals surface area contributed by atoms with Gasteiger partial charge in [0.1, 0.15) is 11.2 Å². The first-order valence-corrected chi connectivity index (χ1v) is 24.3. The number of ether oxygens (including phenoxy) is 4. The molecule has 2 saturated heterocycles. The van der Waals surface area contributed by atoms with E-state index in [2.05, 4.69) is 20.1 Å². The van der Waals surface area contributed by atoms with E-state index in [1.54, 1.807) is 7.11 Å². The fourth-order valence-electron chi connectivity index (χ4n) is 14.5. The minimum absolute atomic E-state index is 0.203. The van der Waals surface area contributed by atoms with Crippen LogP contribution in [0, 0.1) is 11.3 Å². The number of esters is 3. The molecule has 1 aromatic heterocycles. The molecule has 4 aromatic rings. The normalized spacial score (nSPS) is 33.2. The van der Waals surface area contributed by atoms with Crippen LogP contribution < -0.4 is 15.0 Å². The lowest BCUT2D eigenvalue weighted by Gasteiger charge is -2.63. The van der Waals surface area contributed by atoms with Gasteiger partial charge in [0.25, 0.3) is 0 Å². The standard InChI is InChI=1S/C53H62F3N5O9/c1-8-48(65)26-31-27-51(46(63)68-6,42-35(17-21-60(28-31)29-48)36-23-34(15-16-39(36)58-42)57-33-13-11-32(12-14-33)53(54,55)56)38-24-37-40(25-41(38)67-5)59(4)44-50(37)19-22-61-20-10-18-49(9-2,43(50)61)45(70-30(3)62)52(44,66)47(64)69-7/h10-16,18,23-25,31,43-45,57-58,65-66H,8-9,17,19-22,26-29H2,1-7H3/t31-,43+,44-,45-,48+,49-,50-,51+,52+/m1/s1. The van der Waals surface area contributed by atoms with Gasteiger partial charge in [0.05, 0.1) is 38.5 Å². The molecule has 6 aliphatic rings. The number of nitrogens with zero attached hydrogens (tertiary/aromatic N) is 3. The zero-order valence-corrected chi connectivity index (χ0v) is 40.7. The summed E-state index contributed by atoms with van der Waals surface area (Å²) < 4.78 is 64.5. The summed E-state index contributed by atoms with van der Waals surface area (Å²) in [5.74, 6) is -1.99. The number of alkyl halides is 3. The molecule has 374 valence electrons. The average Bonchev–Trinajstić information content (AvgIpc) is 4.00. The fraction of sp³-hybridized carbons (Fsp3) is 0.528. The van der Waals surface area contributed by atoms with Gasteiger partial charge in [-0.1, -0.05) is 26.0 Å². The van der Waals surface area contributed by atoms with Crippen molar-refractivity contribution in [1.82, 2.24) is 14.8 Å². The van der Waals surface area contributed by atoms with E-state index < -0.39 is 69.2 Å². The molecule has 0 radical (unpaired) electrons. The van der Waals surface area contributed by atoms with Crippen LogP contribution in [0.25, 0.3) is 10.9 Å². The van der Waals surface area contributed by atoms with Crippen molar-refractivity contribution >= 4 is 45.9 Å². The first kappa shape index (κ1) is 48.0. The smallest absolute Gasteiger partial charge is 0.416 e. The van der Waals surface area contributed by atoms with E-state index in [9.17, 15) is 33.0 Å². The maximum atomic E-state index is 15.6. The van der Waals surface area contributed by atoms with Crippen LogP contribution in [0.5, 0.6) is 5.75 Å². The molecule has 10 rings (SSSR count). The molecule has 6 heterocycles. The van der Waals surface area contributed by atoms with E-state index in [4.69, 9.17) is 18.9 Å². The number of H-pyrrole nitrogens is 1. The fourth-order valence-corrected chi connectivity index (χ4v) is 14.5. The molecule has 1 aliphatic carbocycles. The molecule has 0 amide bonds. The Hall–Kier alpha value is -5.62. The van der Waals surface area contributed by atoms with Crippen LogP contribution in [0.2, 0.25) is 0 Å². The van der Waals surface area contributed by atoms with Crippen LogP contribution in [0.1, 0.15) is 80.8 Å². The van der Waals surface area contributed by atoms with Crippen molar-refractivity contribution in [2.24, 2.45) is 11.3 Å². The summed E-state index contributed by atoms with van der Waals surface area (Å²) in [6.07, 6.45) is 0.696. The van der Waals surface area contributed by atoms with Crippen molar-refractivity contribution in [1.29, 1.82) is 0 Å². The van der Waals surface area contributed by atoms with Crippen LogP contribution in [0.4, 0.5) is 30.2 Å². The molecule has 2 bridgehead atoms. The predicted octanol–water partition coefficient (Wildman–Crippen LogP) is 6.75. The molecule has 1 saturated carbocycles. The third-order valence-electron chi connectivity index (χ3n) is 17.2. The lowest BCUT2D eigenvalue weighted by atomic mass is 9.47. The topological polar surface area (TPSA) is 166 Å². The van der Waals surface area contributed by atoms with Crippen LogP contribution in [-0.4, -0.2) is 133 Å². The van der Waals surface area contributed by atoms with Gasteiger partial charge in [0, 0.05) is 102 Å². The van der Waals surface area contributed by atoms with Crippen molar-refractivity contribution in [2.75, 3.05) is 71.3 Å². The van der Waals surface area contributed by atoms with Gasteiger partial charge in [-0.15, -0.1) is 0 Å². The molecule has 3 fully saturated rings. The summed E-state index contributed by atoms with van der Waals surface area (Å²) in [4.78, 5) is 53.5. The van der Waals surface area contributed by atoms with Crippen molar-refractivity contribution in [3.8, 4) is 5.75 Å². The van der Waals surface area contributed by atoms with Gasteiger partial charge in [-0.2, -0.15) is 13.2 Å². The summed E-state index contributed by atoms with van der Waals surface area (Å²) in [6, 6.07) is 13.0. The highest BCUT2D eigenvalue weighted by Gasteiger charge is 2.80. The molecule has 1 unspecified atom stereocenters. The summed E-state index contributed by atoms with van der Waals surface area (Å²) in [5, 5.41) is 29.7. The number of rotatable bonds is 9. The van der Waals surface area contributed by atoms with Crippen molar-refractivity contribution in [2.45, 2.75) is 106 Å². The SMILES string of the molecule is CC[C@]1(O)C[C@H]2CN(CCc3c([nH]c4ccc(Nc5ccc(C(F)(F)F)cc5)cc34)[C@@](C(=O)OC)(c3cc4c(cc3OC)N(C)[C@H]3[C@@](O)(C(=O)OC)[C@H](OC(C)=O)[C@]5(CC)C=CCN6CC[C@]43[C@@H]65)C2)C1. The van der Waals surface area contributed by atoms with E-state index in [0.717, 1.165) is 34.2 Å². The van der Waals surface area contributed by atoms with E-state index in [-0.39, 0.29) is 18.4 Å². The summed E-state index contributed by atoms with van der Waals surface area (Å²) >= 11 is 0. The van der Waals surface area contributed by atoms with Gasteiger partial charge in [0.15, 0.2) is 6.10 Å². The van der Waals surface area contributed by atoms with Crippen LogP contribution in [0.3, 0.4) is 0 Å². The number of fused-ring (bicyclic) bond motifs is 6. The number of carbonyl (C=O) groups excluding carboxylic acids is 3. The van der Waals surface area contributed by atoms with Gasteiger partial charge in [-0.25, -0.2) is 4.79 Å². The van der Waals surface area contributed by atoms with Gasteiger partial charge >= 0.3 is 24.1 Å². The Bertz CT molecular complexity index is 2800. The number of halogens is 3. The Morgan fingerprint density at radius 1 is 0.900 bits per heavy atom. The summed E-state index contributed by atoms with van der Waals surface area (Å²) in [5.41, 5.74) is -2.65. The van der Waals surface area contributed by atoms with Crippen molar-refractivity contribution < 1.29 is 56.7 Å². The Morgan fingerprint density at radius 2 is 1.63 bits per heavy atom. The number of aliphatic hydroxyl groups is 2. The summed E-state index contributed by atoms with van der Waals surface area (Å²) in [6.45, 7) is 8.01. The number of aromatic amines is 1. The number of nitrogens with one attached hydrogen (secondary N) is 2. The Labute approximate surface area is 405 Å². The largest absolute Gasteiger partial charge is 0.496 e. The number of likely N-dealkylation sites (N-methyl/N-ethyl adjacent to an activating group) is 1. The lowest BCUT2D eigenvalue weighted by molar-refractivity contribution is -0.228. The van der Waals surface area contributed by atoms with E-state index in [1.807, 2.05) is 68.3 Å². The third kappa shape index (κ3) is 6.77. The highest BCUT2D eigenvalue weighted by atomic mass is 19.4. The molecule has 70 heavy (non-hydrogen) atoms. The van der Waals surface area contributed by atoms with Crippen LogP contribution in [-0.2, 0) is 52.0 Å². The number of benzene rings is 3. The van der Waals surface area contributed by atoms with E-state index in [1.165, 1.54) is 33.3 Å². The number of anilines is 3. The molecular formula is C53H62F3N5O9. The Balaban J connectivity index is 1.23. The van der Waals surface area contributed by atoms with E-state index >= 15 is 4.79 Å². The lowest BCUT2D eigenvalue weighted by Crippen LogP contribution is -2.81. The average molecular weight is 970 g/mol. The quantitative estimate of drug-likeness (QED) is 0.0792. The summed E-state index contributed by atoms with van der Waals surface area (Å²) in [7, 11) is 5.95. The number of aromatic nitrogens is 1. The molecular weight excluding hydrogens is 908 g/mol. The highest BCUT2D eigenvalue weighted by molar-refractivity contribution is 5.96. The zero-order valence-electron chi connectivity index (χ0n) is 40.7. The van der Waals surface area contributed by atoms with Gasteiger partial charge in [-0.3, -0.25) is 19.4 Å². The minimum Gasteiger partial charge on any atom is -0.496 e. The molecule has 14 nitrogen and oxygen atoms in total. The van der Waals surface area contributed by atoms with Gasteiger partial charge in [0.2, 0.25) is 5.60 Å². The number of carbonyl (C=O) groups is 3. The van der Waals surface area contributed by atoms with Crippen LogP contribution in [0.15, 0.2) is 66.7 Å². The predicted molar refractivity (Wildman–Crippen MR) is 255 cm³/mol. The van der Waals surface area contributed by atoms with Gasteiger partial charge in [-0.05, 0) is 111 Å². The molecule has 4 N–H and O–H groups in total. The molecule has 10 atom stereocenters. The van der Waals surface area contributed by atoms with Crippen LogP contribution >= 0.6 is 0 Å². The number of piperidine rings is 1. The van der Waals surface area contributed by atoms with E-state index in [0.29, 0.717) is 98.9 Å². The maximum absolute atomic E-state index is 15.6. The molecule has 1 spiro atoms. The Morgan fingerprint density at radius 3 is 2.29 bits per heavy atom. The molecule has 17 heteroatoms. The first-order valence-electron chi connectivity index (χ1n) is 24.3. The third-order valence-corrected chi connectivity index (χ3v) is 17.2. The monoisotopic (exact) mass is 969 g/mol. The number of hydrogen-bond donors (Lipinski definition) is 4. The van der Waals surface area contributed by atoms with Crippen molar-refractivity contribution in [3.63, 3.8) is 0 Å². The minimum atomic E-state index is -4.48.